The summed E-state index contributed by atoms with van der Waals surface area (Å²) in [5.74, 6) is -0.885. The number of likely N-dealkylation sites (tertiary alicyclic amines) is 1. The first-order chi connectivity index (χ1) is 13.9. The number of alkyl halides is 3. The molecule has 1 amide bonds. The summed E-state index contributed by atoms with van der Waals surface area (Å²) in [4.78, 5) is 17.7. The molecule has 8 heteroatoms. The van der Waals surface area contributed by atoms with Crippen LogP contribution in [-0.2, 0) is 17.5 Å². The number of benzene rings is 2. The second-order valence-corrected chi connectivity index (χ2v) is 7.05. The van der Waals surface area contributed by atoms with E-state index in [-0.39, 0.29) is 12.6 Å². The molecule has 1 aliphatic heterocycles. The average molecular weight is 403 g/mol. The third-order valence-electron chi connectivity index (χ3n) is 5.14. The number of nitrogens with zero attached hydrogens (tertiary/aromatic N) is 3. The average Bonchev–Trinajstić information content (AvgIpc) is 3.13. The van der Waals surface area contributed by atoms with E-state index in [1.165, 1.54) is 4.57 Å². The lowest BCUT2D eigenvalue weighted by Gasteiger charge is -2.33. The Morgan fingerprint density at radius 3 is 2.38 bits per heavy atom. The number of imidazole rings is 1. The van der Waals surface area contributed by atoms with Gasteiger partial charge in [0.05, 0.1) is 11.0 Å². The Morgan fingerprint density at radius 2 is 1.69 bits per heavy atom. The predicted octanol–water partition coefficient (Wildman–Crippen LogP) is 5.03. The molecule has 0 N–H and O–H groups in total. The summed E-state index contributed by atoms with van der Waals surface area (Å²) < 4.78 is 47.2. The quantitative estimate of drug-likeness (QED) is 0.616. The molecule has 5 nitrogen and oxygen atoms in total. The van der Waals surface area contributed by atoms with Gasteiger partial charge >= 0.3 is 12.3 Å². The minimum absolute atomic E-state index is 0.171. The number of fused-ring (bicyclic) bond motifs is 1. The Labute approximate surface area is 165 Å². The van der Waals surface area contributed by atoms with Crippen molar-refractivity contribution in [1.29, 1.82) is 0 Å². The number of carbonyl (C=O) groups is 1. The lowest BCUT2D eigenvalue weighted by Crippen LogP contribution is -2.39. The van der Waals surface area contributed by atoms with Crippen molar-refractivity contribution in [2.24, 2.45) is 0 Å². The van der Waals surface area contributed by atoms with E-state index in [1.54, 1.807) is 29.2 Å². The van der Waals surface area contributed by atoms with E-state index >= 15 is 0 Å². The van der Waals surface area contributed by atoms with Crippen molar-refractivity contribution in [1.82, 2.24) is 14.5 Å². The van der Waals surface area contributed by atoms with Gasteiger partial charge in [-0.25, -0.2) is 9.78 Å². The van der Waals surface area contributed by atoms with Crippen LogP contribution < -0.4 is 0 Å². The third kappa shape index (κ3) is 4.06. The molecule has 0 aliphatic carbocycles. The van der Waals surface area contributed by atoms with Gasteiger partial charge in [0.15, 0.2) is 0 Å². The Bertz CT molecular complexity index is 993. The molecule has 0 atom stereocenters. The smallest absolute Gasteiger partial charge is 0.445 e. The van der Waals surface area contributed by atoms with Crippen LogP contribution in [0.15, 0.2) is 54.6 Å². The van der Waals surface area contributed by atoms with E-state index in [4.69, 9.17) is 4.74 Å². The number of halogens is 3. The molecule has 0 spiro atoms. The van der Waals surface area contributed by atoms with Crippen molar-refractivity contribution in [3.05, 3.63) is 66.0 Å². The lowest BCUT2D eigenvalue weighted by atomic mass is 10.0. The number of amides is 1. The summed E-state index contributed by atoms with van der Waals surface area (Å²) in [5, 5.41) is 0. The molecule has 0 radical (unpaired) electrons. The summed E-state index contributed by atoms with van der Waals surface area (Å²) in [6.07, 6.45) is -4.17. The van der Waals surface area contributed by atoms with Gasteiger partial charge in [-0.1, -0.05) is 42.5 Å². The number of ether oxygens (including phenoxy) is 1. The number of rotatable bonds is 3. The fourth-order valence-corrected chi connectivity index (χ4v) is 3.73. The zero-order valence-corrected chi connectivity index (χ0v) is 15.6. The van der Waals surface area contributed by atoms with E-state index in [1.807, 2.05) is 30.3 Å². The second-order valence-electron chi connectivity index (χ2n) is 7.05. The Kier molecular flexibility index (Phi) is 5.17. The molecule has 1 fully saturated rings. The Hall–Kier alpha value is -3.03. The van der Waals surface area contributed by atoms with Gasteiger partial charge in [-0.15, -0.1) is 0 Å². The molecule has 1 aliphatic rings. The van der Waals surface area contributed by atoms with Crippen LogP contribution in [0.5, 0.6) is 0 Å². The van der Waals surface area contributed by atoms with Gasteiger partial charge in [-0.05, 0) is 30.5 Å². The summed E-state index contributed by atoms with van der Waals surface area (Å²) in [6.45, 7) is 0.841. The van der Waals surface area contributed by atoms with Crippen molar-refractivity contribution >= 4 is 17.1 Å². The minimum atomic E-state index is -4.54. The topological polar surface area (TPSA) is 47.4 Å². The fourth-order valence-electron chi connectivity index (χ4n) is 3.73. The molecule has 152 valence electrons. The predicted molar refractivity (Wildman–Crippen MR) is 101 cm³/mol. The highest BCUT2D eigenvalue weighted by molar-refractivity contribution is 5.76. The Morgan fingerprint density at radius 1 is 1.03 bits per heavy atom. The van der Waals surface area contributed by atoms with Crippen LogP contribution in [0.2, 0.25) is 0 Å². The molecule has 29 heavy (non-hydrogen) atoms. The largest absolute Gasteiger partial charge is 0.449 e. The van der Waals surface area contributed by atoms with Crippen LogP contribution in [-0.4, -0.2) is 33.6 Å². The standard InChI is InChI=1S/C21H20F3N3O2/c22-21(23,24)19-25-17-8-4-5-9-18(17)27(19)16-10-12-26(13-11-16)20(28)29-14-15-6-2-1-3-7-15/h1-9,16H,10-14H2. The monoisotopic (exact) mass is 403 g/mol. The van der Waals surface area contributed by atoms with E-state index in [0.717, 1.165) is 5.56 Å². The number of para-hydroxylation sites is 2. The number of hydrogen-bond acceptors (Lipinski definition) is 3. The van der Waals surface area contributed by atoms with Gasteiger partial charge in [-0.3, -0.25) is 0 Å². The molecular weight excluding hydrogens is 383 g/mol. The first-order valence-corrected chi connectivity index (χ1v) is 9.43. The fraction of sp³-hybridized carbons (Fsp3) is 0.333. The van der Waals surface area contributed by atoms with E-state index in [9.17, 15) is 18.0 Å². The molecule has 3 aromatic rings. The SMILES string of the molecule is O=C(OCc1ccccc1)N1CCC(n2c(C(F)(F)F)nc3ccccc32)CC1. The molecule has 2 heterocycles. The van der Waals surface area contributed by atoms with Gasteiger partial charge < -0.3 is 14.2 Å². The highest BCUT2D eigenvalue weighted by Gasteiger charge is 2.40. The summed E-state index contributed by atoms with van der Waals surface area (Å²) in [6, 6.07) is 15.6. The van der Waals surface area contributed by atoms with Crippen molar-refractivity contribution < 1.29 is 22.7 Å². The molecule has 2 aromatic carbocycles. The van der Waals surface area contributed by atoms with Gasteiger partial charge in [0, 0.05) is 19.1 Å². The van der Waals surface area contributed by atoms with Crippen LogP contribution in [0.25, 0.3) is 11.0 Å². The van der Waals surface area contributed by atoms with Gasteiger partial charge in [0.25, 0.3) is 0 Å². The number of carbonyl (C=O) groups excluding carboxylic acids is 1. The van der Waals surface area contributed by atoms with Gasteiger partial charge in [0.1, 0.15) is 6.61 Å². The van der Waals surface area contributed by atoms with E-state index < -0.39 is 18.1 Å². The van der Waals surface area contributed by atoms with Crippen LogP contribution in [0.4, 0.5) is 18.0 Å². The maximum atomic E-state index is 13.5. The summed E-state index contributed by atoms with van der Waals surface area (Å²) in [5.41, 5.74) is 1.67. The van der Waals surface area contributed by atoms with E-state index in [0.29, 0.717) is 37.0 Å². The maximum absolute atomic E-state index is 13.5. The van der Waals surface area contributed by atoms with E-state index in [2.05, 4.69) is 4.98 Å². The first-order valence-electron chi connectivity index (χ1n) is 9.43. The minimum Gasteiger partial charge on any atom is -0.445 e. The van der Waals surface area contributed by atoms with Crippen LogP contribution in [0.3, 0.4) is 0 Å². The molecule has 1 aromatic heterocycles. The summed E-state index contributed by atoms with van der Waals surface area (Å²) >= 11 is 0. The highest BCUT2D eigenvalue weighted by atomic mass is 19.4. The molecule has 0 unspecified atom stereocenters. The zero-order chi connectivity index (χ0) is 20.4. The highest BCUT2D eigenvalue weighted by Crippen LogP contribution is 2.36. The molecule has 0 bridgehead atoms. The van der Waals surface area contributed by atoms with Crippen molar-refractivity contribution in [2.75, 3.05) is 13.1 Å². The Balaban J connectivity index is 1.45. The van der Waals surface area contributed by atoms with Crippen LogP contribution >= 0.6 is 0 Å². The van der Waals surface area contributed by atoms with Gasteiger partial charge in [0.2, 0.25) is 5.82 Å². The zero-order valence-electron chi connectivity index (χ0n) is 15.6. The van der Waals surface area contributed by atoms with Crippen LogP contribution in [0.1, 0.15) is 30.3 Å². The van der Waals surface area contributed by atoms with Gasteiger partial charge in [-0.2, -0.15) is 13.2 Å². The number of piperidine rings is 1. The number of hydrogen-bond donors (Lipinski definition) is 0. The second kappa shape index (κ2) is 7.77. The molecular formula is C21H20F3N3O2. The molecule has 0 saturated carbocycles. The summed E-state index contributed by atoms with van der Waals surface area (Å²) in [7, 11) is 0. The third-order valence-corrected chi connectivity index (χ3v) is 5.14. The lowest BCUT2D eigenvalue weighted by molar-refractivity contribution is -0.147. The molecule has 4 rings (SSSR count). The normalized spacial score (nSPS) is 15.6. The van der Waals surface area contributed by atoms with Crippen molar-refractivity contribution in [2.45, 2.75) is 31.7 Å². The maximum Gasteiger partial charge on any atom is 0.449 e. The molecule has 1 saturated heterocycles. The van der Waals surface area contributed by atoms with Crippen molar-refractivity contribution in [3.63, 3.8) is 0 Å². The number of aromatic nitrogens is 2. The van der Waals surface area contributed by atoms with Crippen LogP contribution in [0, 0.1) is 0 Å². The first kappa shape index (κ1) is 19.3. The van der Waals surface area contributed by atoms with Crippen molar-refractivity contribution in [3.8, 4) is 0 Å².